The lowest BCUT2D eigenvalue weighted by Gasteiger charge is -2.35. The molecule has 0 spiro atoms. The Morgan fingerprint density at radius 1 is 1.47 bits per heavy atom. The van der Waals surface area contributed by atoms with Crippen molar-refractivity contribution in [2.45, 2.75) is 39.4 Å². The minimum atomic E-state index is 0.0406. The van der Waals surface area contributed by atoms with Crippen LogP contribution in [0.25, 0.3) is 0 Å². The summed E-state index contributed by atoms with van der Waals surface area (Å²) in [6, 6.07) is 0. The van der Waals surface area contributed by atoms with Gasteiger partial charge in [0.2, 0.25) is 0 Å². The number of nitrogens with zero attached hydrogens (tertiary/aromatic N) is 3. The number of carbonyl (C=O) groups excluding carboxylic acids is 1. The molecule has 0 aliphatic carbocycles. The van der Waals surface area contributed by atoms with E-state index in [0.29, 0.717) is 18.0 Å². The van der Waals surface area contributed by atoms with Crippen molar-refractivity contribution in [2.75, 3.05) is 13.1 Å². The van der Waals surface area contributed by atoms with Gasteiger partial charge in [0.1, 0.15) is 4.88 Å². The number of morpholine rings is 1. The van der Waals surface area contributed by atoms with Gasteiger partial charge in [-0.15, -0.1) is 5.10 Å². The van der Waals surface area contributed by atoms with Gasteiger partial charge < -0.3 is 9.64 Å². The summed E-state index contributed by atoms with van der Waals surface area (Å²) in [6.45, 7) is 7.25. The predicted molar refractivity (Wildman–Crippen MR) is 65.2 cm³/mol. The van der Waals surface area contributed by atoms with E-state index in [4.69, 9.17) is 4.74 Å². The van der Waals surface area contributed by atoms with Crippen LogP contribution in [-0.4, -0.2) is 45.7 Å². The third-order valence-electron chi connectivity index (χ3n) is 2.79. The van der Waals surface area contributed by atoms with Crippen molar-refractivity contribution in [3.63, 3.8) is 0 Å². The molecule has 0 bridgehead atoms. The van der Waals surface area contributed by atoms with Gasteiger partial charge in [-0.2, -0.15) is 0 Å². The number of aryl methyl sites for hydroxylation is 1. The number of hydrogen-bond donors (Lipinski definition) is 0. The van der Waals surface area contributed by atoms with E-state index < -0.39 is 0 Å². The zero-order chi connectivity index (χ0) is 12.4. The number of rotatable bonds is 2. The number of ether oxygens (including phenoxy) is 1. The maximum atomic E-state index is 12.3. The van der Waals surface area contributed by atoms with Gasteiger partial charge in [0.05, 0.1) is 17.9 Å². The molecule has 1 aromatic rings. The SMILES string of the molecule is CCc1nnsc1C(=O)N1C[C@H](C)O[C@@H](C)C1. The molecule has 2 heterocycles. The summed E-state index contributed by atoms with van der Waals surface area (Å²) in [5.74, 6) is 0.0406. The van der Waals surface area contributed by atoms with Crippen molar-refractivity contribution in [3.05, 3.63) is 10.6 Å². The maximum absolute atomic E-state index is 12.3. The molecule has 1 amide bonds. The van der Waals surface area contributed by atoms with Crippen LogP contribution >= 0.6 is 11.5 Å². The number of aromatic nitrogens is 2. The van der Waals surface area contributed by atoms with E-state index in [1.807, 2.05) is 25.7 Å². The zero-order valence-corrected chi connectivity index (χ0v) is 11.2. The van der Waals surface area contributed by atoms with Crippen LogP contribution < -0.4 is 0 Å². The molecule has 1 saturated heterocycles. The summed E-state index contributed by atoms with van der Waals surface area (Å²) in [4.78, 5) is 14.8. The highest BCUT2D eigenvalue weighted by molar-refractivity contribution is 7.08. The van der Waals surface area contributed by atoms with Gasteiger partial charge in [-0.25, -0.2) is 0 Å². The standard InChI is InChI=1S/C11H17N3O2S/c1-4-9-10(17-13-12-9)11(15)14-5-7(2)16-8(3)6-14/h7-8H,4-6H2,1-3H3/t7-,8-/m0/s1. The molecular weight excluding hydrogens is 238 g/mol. The second-order valence-electron chi connectivity index (χ2n) is 4.37. The Morgan fingerprint density at radius 2 is 2.12 bits per heavy atom. The first-order valence-corrected chi connectivity index (χ1v) is 6.65. The van der Waals surface area contributed by atoms with Crippen molar-refractivity contribution in [1.82, 2.24) is 14.5 Å². The second kappa shape index (κ2) is 5.10. The zero-order valence-electron chi connectivity index (χ0n) is 10.3. The van der Waals surface area contributed by atoms with Gasteiger partial charge in [0.15, 0.2) is 0 Å². The Labute approximate surface area is 105 Å². The van der Waals surface area contributed by atoms with Crippen LogP contribution in [0, 0.1) is 0 Å². The molecule has 1 aliphatic heterocycles. The van der Waals surface area contributed by atoms with Gasteiger partial charge in [0, 0.05) is 13.1 Å². The monoisotopic (exact) mass is 255 g/mol. The Morgan fingerprint density at radius 3 is 2.71 bits per heavy atom. The molecule has 0 unspecified atom stereocenters. The molecule has 6 heteroatoms. The normalized spacial score (nSPS) is 25.0. The van der Waals surface area contributed by atoms with Gasteiger partial charge in [-0.1, -0.05) is 11.4 Å². The molecule has 0 aromatic carbocycles. The van der Waals surface area contributed by atoms with Crippen LogP contribution in [0.4, 0.5) is 0 Å². The van der Waals surface area contributed by atoms with Gasteiger partial charge in [0.25, 0.3) is 5.91 Å². The molecule has 17 heavy (non-hydrogen) atoms. The van der Waals surface area contributed by atoms with E-state index in [1.54, 1.807) is 0 Å². The highest BCUT2D eigenvalue weighted by Gasteiger charge is 2.28. The average molecular weight is 255 g/mol. The Balaban J connectivity index is 2.14. The minimum absolute atomic E-state index is 0.0406. The molecule has 5 nitrogen and oxygen atoms in total. The molecule has 2 rings (SSSR count). The largest absolute Gasteiger partial charge is 0.372 e. The molecule has 0 radical (unpaired) electrons. The first-order valence-electron chi connectivity index (χ1n) is 5.87. The van der Waals surface area contributed by atoms with E-state index in [1.165, 1.54) is 11.5 Å². The second-order valence-corrected chi connectivity index (χ2v) is 5.12. The van der Waals surface area contributed by atoms with Crippen LogP contribution in [0.15, 0.2) is 0 Å². The lowest BCUT2D eigenvalue weighted by molar-refractivity contribution is -0.0585. The first kappa shape index (κ1) is 12.4. The number of amides is 1. The highest BCUT2D eigenvalue weighted by atomic mass is 32.1. The van der Waals surface area contributed by atoms with Crippen LogP contribution in [0.5, 0.6) is 0 Å². The van der Waals surface area contributed by atoms with E-state index in [0.717, 1.165) is 12.1 Å². The van der Waals surface area contributed by atoms with Crippen molar-refractivity contribution in [2.24, 2.45) is 0 Å². The van der Waals surface area contributed by atoms with Crippen molar-refractivity contribution in [3.8, 4) is 0 Å². The molecule has 0 N–H and O–H groups in total. The topological polar surface area (TPSA) is 55.3 Å². The molecule has 1 aromatic heterocycles. The van der Waals surface area contributed by atoms with Gasteiger partial charge in [-0.3, -0.25) is 4.79 Å². The summed E-state index contributed by atoms with van der Waals surface area (Å²) in [7, 11) is 0. The lowest BCUT2D eigenvalue weighted by Crippen LogP contribution is -2.48. The van der Waals surface area contributed by atoms with Crippen molar-refractivity contribution >= 4 is 17.4 Å². The van der Waals surface area contributed by atoms with Crippen LogP contribution in [-0.2, 0) is 11.2 Å². The molecule has 1 aliphatic rings. The van der Waals surface area contributed by atoms with E-state index in [9.17, 15) is 4.79 Å². The third kappa shape index (κ3) is 2.63. The summed E-state index contributed by atoms with van der Waals surface area (Å²) >= 11 is 1.19. The molecule has 0 saturated carbocycles. The molecule has 2 atom stereocenters. The van der Waals surface area contributed by atoms with Crippen molar-refractivity contribution < 1.29 is 9.53 Å². The molecule has 94 valence electrons. The number of hydrogen-bond acceptors (Lipinski definition) is 5. The maximum Gasteiger partial charge on any atom is 0.267 e. The highest BCUT2D eigenvalue weighted by Crippen LogP contribution is 2.18. The fourth-order valence-electron chi connectivity index (χ4n) is 2.09. The fraction of sp³-hybridized carbons (Fsp3) is 0.727. The lowest BCUT2D eigenvalue weighted by atomic mass is 10.2. The van der Waals surface area contributed by atoms with Crippen LogP contribution in [0.1, 0.15) is 36.1 Å². The molecular formula is C11H17N3O2S. The van der Waals surface area contributed by atoms with Gasteiger partial charge in [-0.05, 0) is 31.8 Å². The third-order valence-corrected chi connectivity index (χ3v) is 3.55. The fourth-order valence-corrected chi connectivity index (χ4v) is 2.81. The van der Waals surface area contributed by atoms with E-state index in [2.05, 4.69) is 9.59 Å². The quantitative estimate of drug-likeness (QED) is 0.800. The first-order chi connectivity index (χ1) is 8.11. The smallest absolute Gasteiger partial charge is 0.267 e. The predicted octanol–water partition coefficient (Wildman–Crippen LogP) is 1.35. The van der Waals surface area contributed by atoms with Crippen LogP contribution in [0.2, 0.25) is 0 Å². The summed E-state index contributed by atoms with van der Waals surface area (Å²) in [5, 5.41) is 3.98. The number of carbonyl (C=O) groups is 1. The van der Waals surface area contributed by atoms with E-state index >= 15 is 0 Å². The van der Waals surface area contributed by atoms with Crippen LogP contribution in [0.3, 0.4) is 0 Å². The summed E-state index contributed by atoms with van der Waals surface area (Å²) in [6.07, 6.45) is 0.926. The average Bonchev–Trinajstić information content (AvgIpc) is 2.74. The Kier molecular flexibility index (Phi) is 3.73. The summed E-state index contributed by atoms with van der Waals surface area (Å²) < 4.78 is 9.48. The Hall–Kier alpha value is -1.01. The summed E-state index contributed by atoms with van der Waals surface area (Å²) in [5.41, 5.74) is 0.798. The van der Waals surface area contributed by atoms with Gasteiger partial charge >= 0.3 is 0 Å². The Bertz CT molecular complexity index is 397. The van der Waals surface area contributed by atoms with Crippen molar-refractivity contribution in [1.29, 1.82) is 0 Å². The van der Waals surface area contributed by atoms with E-state index in [-0.39, 0.29) is 18.1 Å². The molecule has 1 fully saturated rings. The minimum Gasteiger partial charge on any atom is -0.372 e.